The SMILES string of the molecule is CCC(CC)Nc1cnc2c(c1)c(NC(=O)[C@@H]1CCCO1)c(C(=O)OC)n2Cc1ccccc1. The highest BCUT2D eigenvalue weighted by molar-refractivity contribution is 6.12. The van der Waals surface area contributed by atoms with Gasteiger partial charge in [-0.3, -0.25) is 4.79 Å². The van der Waals surface area contributed by atoms with E-state index in [9.17, 15) is 9.59 Å². The normalized spacial score (nSPS) is 15.6. The molecule has 0 saturated carbocycles. The maximum atomic E-state index is 13.0. The van der Waals surface area contributed by atoms with Crippen LogP contribution in [0.2, 0.25) is 0 Å². The van der Waals surface area contributed by atoms with Crippen LogP contribution in [0.3, 0.4) is 0 Å². The average molecular weight is 465 g/mol. The van der Waals surface area contributed by atoms with Crippen molar-refractivity contribution in [1.29, 1.82) is 0 Å². The minimum atomic E-state index is -0.536. The molecule has 1 aliphatic rings. The maximum absolute atomic E-state index is 13.0. The number of pyridine rings is 1. The molecule has 180 valence electrons. The molecule has 1 amide bonds. The summed E-state index contributed by atoms with van der Waals surface area (Å²) in [5, 5.41) is 7.15. The summed E-state index contributed by atoms with van der Waals surface area (Å²) < 4.78 is 12.5. The molecule has 8 nitrogen and oxygen atoms in total. The van der Waals surface area contributed by atoms with Crippen molar-refractivity contribution in [3.8, 4) is 0 Å². The molecule has 2 N–H and O–H groups in total. The second-order valence-electron chi connectivity index (χ2n) is 8.53. The maximum Gasteiger partial charge on any atom is 0.356 e. The van der Waals surface area contributed by atoms with Crippen LogP contribution in [-0.2, 0) is 20.8 Å². The molecular weight excluding hydrogens is 432 g/mol. The molecule has 1 fully saturated rings. The predicted molar refractivity (Wildman–Crippen MR) is 132 cm³/mol. The van der Waals surface area contributed by atoms with Crippen LogP contribution in [-0.4, -0.2) is 47.3 Å². The van der Waals surface area contributed by atoms with Crippen LogP contribution >= 0.6 is 0 Å². The summed E-state index contributed by atoms with van der Waals surface area (Å²) in [5.74, 6) is -0.800. The fourth-order valence-corrected chi connectivity index (χ4v) is 4.38. The van der Waals surface area contributed by atoms with Crippen LogP contribution in [0.5, 0.6) is 0 Å². The first-order valence-electron chi connectivity index (χ1n) is 11.9. The minimum Gasteiger partial charge on any atom is -0.464 e. The summed E-state index contributed by atoms with van der Waals surface area (Å²) in [5.41, 5.74) is 3.10. The zero-order valence-corrected chi connectivity index (χ0v) is 20.0. The number of esters is 1. The number of nitrogens with zero attached hydrogens (tertiary/aromatic N) is 2. The number of benzene rings is 1. The largest absolute Gasteiger partial charge is 0.464 e. The summed E-state index contributed by atoms with van der Waals surface area (Å²) in [6.45, 7) is 5.23. The van der Waals surface area contributed by atoms with E-state index in [0.29, 0.717) is 42.3 Å². The van der Waals surface area contributed by atoms with Gasteiger partial charge in [0.1, 0.15) is 11.8 Å². The number of rotatable bonds is 9. The van der Waals surface area contributed by atoms with E-state index in [1.165, 1.54) is 7.11 Å². The van der Waals surface area contributed by atoms with E-state index in [0.717, 1.165) is 30.5 Å². The van der Waals surface area contributed by atoms with Crippen molar-refractivity contribution in [2.24, 2.45) is 0 Å². The molecule has 0 aliphatic carbocycles. The number of nitrogens with one attached hydrogen (secondary N) is 2. The van der Waals surface area contributed by atoms with Gasteiger partial charge in [-0.15, -0.1) is 0 Å². The van der Waals surface area contributed by atoms with Crippen LogP contribution in [0, 0.1) is 0 Å². The number of amides is 1. The van der Waals surface area contributed by atoms with Crippen LogP contribution in [0.15, 0.2) is 42.6 Å². The Hall–Kier alpha value is -3.39. The molecule has 0 unspecified atom stereocenters. The van der Waals surface area contributed by atoms with Crippen molar-refractivity contribution in [2.75, 3.05) is 24.4 Å². The zero-order valence-electron chi connectivity index (χ0n) is 20.0. The summed E-state index contributed by atoms with van der Waals surface area (Å²) in [6, 6.07) is 12.1. The number of carbonyl (C=O) groups excluding carboxylic acids is 2. The lowest BCUT2D eigenvalue weighted by atomic mass is 10.1. The van der Waals surface area contributed by atoms with Gasteiger partial charge in [0, 0.05) is 24.6 Å². The van der Waals surface area contributed by atoms with Gasteiger partial charge in [0.25, 0.3) is 5.91 Å². The molecule has 34 heavy (non-hydrogen) atoms. The smallest absolute Gasteiger partial charge is 0.356 e. The van der Waals surface area contributed by atoms with Gasteiger partial charge in [-0.1, -0.05) is 44.2 Å². The third-order valence-electron chi connectivity index (χ3n) is 6.29. The van der Waals surface area contributed by atoms with Crippen molar-refractivity contribution in [1.82, 2.24) is 9.55 Å². The Bertz CT molecular complexity index is 1150. The molecule has 1 atom stereocenters. The molecule has 0 radical (unpaired) electrons. The van der Waals surface area contributed by atoms with Gasteiger partial charge in [0.15, 0.2) is 5.69 Å². The van der Waals surface area contributed by atoms with E-state index in [2.05, 4.69) is 24.5 Å². The Balaban J connectivity index is 1.85. The van der Waals surface area contributed by atoms with Gasteiger partial charge in [0.2, 0.25) is 0 Å². The van der Waals surface area contributed by atoms with E-state index in [1.807, 2.05) is 41.0 Å². The monoisotopic (exact) mass is 464 g/mol. The first kappa shape index (κ1) is 23.8. The van der Waals surface area contributed by atoms with Crippen LogP contribution in [0.4, 0.5) is 11.4 Å². The average Bonchev–Trinajstić information content (AvgIpc) is 3.50. The van der Waals surface area contributed by atoms with E-state index in [1.54, 1.807) is 6.20 Å². The fraction of sp³-hybridized carbons (Fsp3) is 0.423. The fourth-order valence-electron chi connectivity index (χ4n) is 4.38. The lowest BCUT2D eigenvalue weighted by molar-refractivity contribution is -0.124. The second kappa shape index (κ2) is 10.7. The number of carbonyl (C=O) groups is 2. The molecule has 8 heteroatoms. The zero-order chi connectivity index (χ0) is 24.1. The number of fused-ring (bicyclic) bond motifs is 1. The summed E-state index contributed by atoms with van der Waals surface area (Å²) in [7, 11) is 1.34. The van der Waals surface area contributed by atoms with E-state index in [-0.39, 0.29) is 11.6 Å². The van der Waals surface area contributed by atoms with Crippen LogP contribution < -0.4 is 10.6 Å². The van der Waals surface area contributed by atoms with Crippen molar-refractivity contribution in [3.05, 3.63) is 53.9 Å². The number of hydrogen-bond acceptors (Lipinski definition) is 6. The van der Waals surface area contributed by atoms with Gasteiger partial charge in [-0.05, 0) is 37.3 Å². The lowest BCUT2D eigenvalue weighted by Gasteiger charge is -2.16. The van der Waals surface area contributed by atoms with Crippen molar-refractivity contribution in [2.45, 2.75) is 58.2 Å². The summed E-state index contributed by atoms with van der Waals surface area (Å²) in [6.07, 6.45) is 4.68. The Labute approximate surface area is 199 Å². The van der Waals surface area contributed by atoms with E-state index < -0.39 is 12.1 Å². The molecule has 0 bridgehead atoms. The standard InChI is InChI=1S/C26H32N4O4/c1-4-18(5-2)28-19-14-20-22(29-25(31)21-12-9-13-34-21)23(26(32)33-3)30(24(20)27-15-19)16-17-10-7-6-8-11-17/h6-8,10-11,14-15,18,21,28H,4-5,9,12-13,16H2,1-3H3,(H,29,31)/t21-/m0/s1. The molecule has 1 aliphatic heterocycles. The van der Waals surface area contributed by atoms with Gasteiger partial charge >= 0.3 is 5.97 Å². The van der Waals surface area contributed by atoms with E-state index >= 15 is 0 Å². The number of hydrogen-bond donors (Lipinski definition) is 2. The third-order valence-corrected chi connectivity index (χ3v) is 6.29. The first-order chi connectivity index (χ1) is 16.5. The van der Waals surface area contributed by atoms with Crippen LogP contribution in [0.25, 0.3) is 11.0 Å². The van der Waals surface area contributed by atoms with E-state index in [4.69, 9.17) is 14.5 Å². The molecular formula is C26H32N4O4. The molecule has 2 aromatic heterocycles. The van der Waals surface area contributed by atoms with Gasteiger partial charge in [-0.25, -0.2) is 9.78 Å². The highest BCUT2D eigenvalue weighted by Gasteiger charge is 2.30. The van der Waals surface area contributed by atoms with Crippen molar-refractivity contribution in [3.63, 3.8) is 0 Å². The van der Waals surface area contributed by atoms with Gasteiger partial charge < -0.3 is 24.7 Å². The Kier molecular flexibility index (Phi) is 7.47. The summed E-state index contributed by atoms with van der Waals surface area (Å²) >= 11 is 0. The molecule has 0 spiro atoms. The lowest BCUT2D eigenvalue weighted by Crippen LogP contribution is -2.28. The molecule has 4 rings (SSSR count). The summed E-state index contributed by atoms with van der Waals surface area (Å²) in [4.78, 5) is 30.7. The van der Waals surface area contributed by atoms with Crippen molar-refractivity contribution >= 4 is 34.3 Å². The van der Waals surface area contributed by atoms with Gasteiger partial charge in [-0.2, -0.15) is 0 Å². The predicted octanol–water partition coefficient (Wildman–Crippen LogP) is 4.59. The third kappa shape index (κ3) is 4.92. The second-order valence-corrected chi connectivity index (χ2v) is 8.53. The number of anilines is 2. The Morgan fingerprint density at radius 3 is 2.65 bits per heavy atom. The highest BCUT2D eigenvalue weighted by atomic mass is 16.5. The number of aromatic nitrogens is 2. The molecule has 3 aromatic rings. The molecule has 1 aromatic carbocycles. The molecule has 3 heterocycles. The van der Waals surface area contributed by atoms with Gasteiger partial charge in [0.05, 0.1) is 24.7 Å². The number of ether oxygens (including phenoxy) is 2. The highest BCUT2D eigenvalue weighted by Crippen LogP contribution is 2.34. The topological polar surface area (TPSA) is 94.5 Å². The quantitative estimate of drug-likeness (QED) is 0.450. The Morgan fingerprint density at radius 1 is 1.24 bits per heavy atom. The van der Waals surface area contributed by atoms with Crippen molar-refractivity contribution < 1.29 is 19.1 Å². The Morgan fingerprint density at radius 2 is 2.00 bits per heavy atom. The molecule has 1 saturated heterocycles. The number of methoxy groups -OCH3 is 1. The van der Waals surface area contributed by atoms with Crippen LogP contribution in [0.1, 0.15) is 55.6 Å². The first-order valence-corrected chi connectivity index (χ1v) is 11.9. The minimum absolute atomic E-state index is 0.264.